The number of rotatable bonds is 8. The largest absolute Gasteiger partial charge is 0.490 e. The van der Waals surface area contributed by atoms with Gasteiger partial charge < -0.3 is 9.47 Å². The van der Waals surface area contributed by atoms with Crippen molar-refractivity contribution in [2.75, 3.05) is 6.61 Å². The first-order valence-electron chi connectivity index (χ1n) is 10.3. The van der Waals surface area contributed by atoms with Gasteiger partial charge in [0.2, 0.25) is 0 Å². The molecule has 2 aromatic carbocycles. The smallest absolute Gasteiger partial charge is 0.282 e. The Kier molecular flexibility index (Phi) is 7.73. The summed E-state index contributed by atoms with van der Waals surface area (Å²) in [5, 5.41) is 5.34. The monoisotopic (exact) mass is 505 g/mol. The van der Waals surface area contributed by atoms with Gasteiger partial charge in [-0.3, -0.25) is 4.79 Å². The maximum atomic E-state index is 13.0. The van der Waals surface area contributed by atoms with E-state index in [1.165, 1.54) is 4.68 Å². The van der Waals surface area contributed by atoms with E-state index in [1.807, 2.05) is 39.8 Å². The minimum atomic E-state index is -0.229. The molecule has 0 N–H and O–H groups in total. The predicted octanol–water partition coefficient (Wildman–Crippen LogP) is 5.83. The molecule has 0 unspecified atom stereocenters. The lowest BCUT2D eigenvalue weighted by molar-refractivity contribution is 0.203. The molecule has 164 valence electrons. The molecule has 1 heterocycles. The minimum absolute atomic E-state index is 0.00455. The highest BCUT2D eigenvalue weighted by molar-refractivity contribution is 9.10. The van der Waals surface area contributed by atoms with E-state index in [0.717, 1.165) is 10.9 Å². The van der Waals surface area contributed by atoms with Crippen LogP contribution in [-0.2, 0) is 6.42 Å². The van der Waals surface area contributed by atoms with Gasteiger partial charge in [0.15, 0.2) is 11.5 Å². The van der Waals surface area contributed by atoms with E-state index in [0.29, 0.717) is 51.8 Å². The summed E-state index contributed by atoms with van der Waals surface area (Å²) < 4.78 is 13.8. The molecule has 0 saturated carbocycles. The molecular formula is C23H25BrClN3O3. The van der Waals surface area contributed by atoms with Crippen LogP contribution in [0.25, 0.3) is 10.9 Å². The van der Waals surface area contributed by atoms with Crippen LogP contribution >= 0.6 is 27.5 Å². The molecule has 0 aliphatic rings. The average Bonchev–Trinajstić information content (AvgIpc) is 2.75. The van der Waals surface area contributed by atoms with Gasteiger partial charge in [-0.1, -0.05) is 41.4 Å². The first-order chi connectivity index (χ1) is 14.9. The van der Waals surface area contributed by atoms with Gasteiger partial charge in [0.25, 0.3) is 5.56 Å². The van der Waals surface area contributed by atoms with Crippen LogP contribution in [0, 0.1) is 0 Å². The van der Waals surface area contributed by atoms with Gasteiger partial charge in [-0.05, 0) is 56.2 Å². The lowest BCUT2D eigenvalue weighted by Gasteiger charge is -2.18. The molecule has 1 atom stereocenters. The summed E-state index contributed by atoms with van der Waals surface area (Å²) in [6.07, 6.45) is 2.99. The fourth-order valence-corrected chi connectivity index (χ4v) is 3.62. The first-order valence-corrected chi connectivity index (χ1v) is 11.4. The Morgan fingerprint density at radius 2 is 2.03 bits per heavy atom. The van der Waals surface area contributed by atoms with Crippen LogP contribution in [0.3, 0.4) is 0 Å². The third kappa shape index (κ3) is 5.28. The maximum Gasteiger partial charge on any atom is 0.282 e. The van der Waals surface area contributed by atoms with Crippen molar-refractivity contribution in [3.05, 3.63) is 61.6 Å². The molecule has 0 fully saturated rings. The van der Waals surface area contributed by atoms with Crippen LogP contribution in [0.5, 0.6) is 11.5 Å². The standard InChI is InChI=1S/C23H25BrClN3O3/c1-5-14(4)31-22-18(25)10-15(11-20(22)30-7-3)13-26-28-21(6-2)27-19-9-8-16(24)12-17(19)23(28)29/h8-14H,5-7H2,1-4H3/t14-/m0/s1. The van der Waals surface area contributed by atoms with Crippen LogP contribution in [-0.4, -0.2) is 28.6 Å². The normalized spacial score (nSPS) is 12.5. The van der Waals surface area contributed by atoms with Crippen LogP contribution in [0.2, 0.25) is 5.02 Å². The third-order valence-corrected chi connectivity index (χ3v) is 5.51. The lowest BCUT2D eigenvalue weighted by Crippen LogP contribution is -2.22. The minimum Gasteiger partial charge on any atom is -0.490 e. The maximum absolute atomic E-state index is 13.0. The number of hydrogen-bond acceptors (Lipinski definition) is 5. The summed E-state index contributed by atoms with van der Waals surface area (Å²) in [7, 11) is 0. The topological polar surface area (TPSA) is 65.7 Å². The van der Waals surface area contributed by atoms with Crippen LogP contribution in [0.4, 0.5) is 0 Å². The fourth-order valence-electron chi connectivity index (χ4n) is 2.99. The van der Waals surface area contributed by atoms with Crippen molar-refractivity contribution in [1.29, 1.82) is 0 Å². The predicted molar refractivity (Wildman–Crippen MR) is 129 cm³/mol. The van der Waals surface area contributed by atoms with Gasteiger partial charge in [-0.2, -0.15) is 9.78 Å². The second kappa shape index (κ2) is 10.3. The second-order valence-electron chi connectivity index (χ2n) is 7.00. The summed E-state index contributed by atoms with van der Waals surface area (Å²) in [6.45, 7) is 8.32. The van der Waals surface area contributed by atoms with Gasteiger partial charge in [0.05, 0.1) is 34.9 Å². The number of nitrogens with zero attached hydrogens (tertiary/aromatic N) is 3. The Morgan fingerprint density at radius 1 is 1.26 bits per heavy atom. The molecule has 1 aromatic heterocycles. The first kappa shape index (κ1) is 23.3. The van der Waals surface area contributed by atoms with E-state index in [9.17, 15) is 4.79 Å². The molecule has 0 saturated heterocycles. The molecule has 0 spiro atoms. The molecule has 0 amide bonds. The Labute approximate surface area is 195 Å². The van der Waals surface area contributed by atoms with Crippen molar-refractivity contribution in [2.45, 2.75) is 46.6 Å². The SMILES string of the molecule is CCOc1cc(C=Nn2c(CC)nc3ccc(Br)cc3c2=O)cc(Cl)c1O[C@@H](C)CC. The molecule has 8 heteroatoms. The summed E-state index contributed by atoms with van der Waals surface area (Å²) in [5.74, 6) is 1.63. The van der Waals surface area contributed by atoms with Crippen molar-refractivity contribution < 1.29 is 9.47 Å². The molecule has 0 aliphatic heterocycles. The van der Waals surface area contributed by atoms with E-state index in [1.54, 1.807) is 24.4 Å². The van der Waals surface area contributed by atoms with Crippen molar-refractivity contribution >= 4 is 44.6 Å². The fraction of sp³-hybridized carbons (Fsp3) is 0.348. The van der Waals surface area contributed by atoms with Crippen LogP contribution in [0.1, 0.15) is 45.5 Å². The van der Waals surface area contributed by atoms with E-state index >= 15 is 0 Å². The number of aromatic nitrogens is 2. The zero-order valence-corrected chi connectivity index (χ0v) is 20.3. The summed E-state index contributed by atoms with van der Waals surface area (Å²) in [5.41, 5.74) is 1.10. The van der Waals surface area contributed by atoms with Gasteiger partial charge in [0.1, 0.15) is 5.82 Å². The molecular weight excluding hydrogens is 482 g/mol. The Hall–Kier alpha value is -2.38. The van der Waals surface area contributed by atoms with Crippen molar-refractivity contribution in [2.24, 2.45) is 5.10 Å². The summed E-state index contributed by atoms with van der Waals surface area (Å²) in [4.78, 5) is 17.6. The zero-order chi connectivity index (χ0) is 22.5. The number of ether oxygens (including phenoxy) is 2. The van der Waals surface area contributed by atoms with Crippen LogP contribution < -0.4 is 15.0 Å². The zero-order valence-electron chi connectivity index (χ0n) is 18.0. The lowest BCUT2D eigenvalue weighted by atomic mass is 10.2. The van der Waals surface area contributed by atoms with E-state index in [4.69, 9.17) is 21.1 Å². The molecule has 0 bridgehead atoms. The van der Waals surface area contributed by atoms with Crippen molar-refractivity contribution in [3.63, 3.8) is 0 Å². The number of aryl methyl sites for hydroxylation is 1. The highest BCUT2D eigenvalue weighted by Crippen LogP contribution is 2.37. The number of fused-ring (bicyclic) bond motifs is 1. The molecule has 31 heavy (non-hydrogen) atoms. The Balaban J connectivity index is 2.06. The molecule has 0 radical (unpaired) electrons. The van der Waals surface area contributed by atoms with E-state index in [-0.39, 0.29) is 11.7 Å². The van der Waals surface area contributed by atoms with Gasteiger partial charge in [0, 0.05) is 10.9 Å². The van der Waals surface area contributed by atoms with Crippen molar-refractivity contribution in [1.82, 2.24) is 9.66 Å². The quantitative estimate of drug-likeness (QED) is 0.360. The molecule has 3 aromatic rings. The molecule has 6 nitrogen and oxygen atoms in total. The number of halogens is 2. The number of hydrogen-bond donors (Lipinski definition) is 0. The van der Waals surface area contributed by atoms with E-state index < -0.39 is 0 Å². The highest BCUT2D eigenvalue weighted by Gasteiger charge is 2.15. The Bertz CT molecular complexity index is 1180. The third-order valence-electron chi connectivity index (χ3n) is 4.74. The average molecular weight is 507 g/mol. The van der Waals surface area contributed by atoms with Gasteiger partial charge in [-0.15, -0.1) is 0 Å². The van der Waals surface area contributed by atoms with Gasteiger partial charge in [-0.25, -0.2) is 4.98 Å². The number of benzene rings is 2. The molecule has 3 rings (SSSR count). The van der Waals surface area contributed by atoms with Gasteiger partial charge >= 0.3 is 0 Å². The highest BCUT2D eigenvalue weighted by atomic mass is 79.9. The van der Waals surface area contributed by atoms with Crippen LogP contribution in [0.15, 0.2) is 44.7 Å². The van der Waals surface area contributed by atoms with Crippen molar-refractivity contribution in [3.8, 4) is 11.5 Å². The Morgan fingerprint density at radius 3 is 2.71 bits per heavy atom. The second-order valence-corrected chi connectivity index (χ2v) is 8.33. The summed E-state index contributed by atoms with van der Waals surface area (Å²) >= 11 is 9.89. The molecule has 0 aliphatic carbocycles. The summed E-state index contributed by atoms with van der Waals surface area (Å²) in [6, 6.07) is 8.98. The van der Waals surface area contributed by atoms with E-state index in [2.05, 4.69) is 26.0 Å².